The lowest BCUT2D eigenvalue weighted by molar-refractivity contribution is -0.137. The minimum Gasteiger partial charge on any atom is -0.480 e. The lowest BCUT2D eigenvalue weighted by Gasteiger charge is -2.20. The molecule has 0 aliphatic carbocycles. The first-order valence-corrected chi connectivity index (χ1v) is 6.52. The van der Waals surface area contributed by atoms with Crippen molar-refractivity contribution in [1.82, 2.24) is 9.88 Å². The molecule has 1 amide bonds. The fourth-order valence-electron chi connectivity index (χ4n) is 1.43. The molecule has 1 aromatic rings. The third-order valence-corrected chi connectivity index (χ3v) is 3.47. The lowest BCUT2D eigenvalue weighted by Crippen LogP contribution is -2.36. The van der Waals surface area contributed by atoms with Gasteiger partial charge in [-0.3, -0.25) is 9.59 Å². The number of aromatic nitrogens is 1. The van der Waals surface area contributed by atoms with Gasteiger partial charge in [-0.1, -0.05) is 41.7 Å². The standard InChI is InChI=1S/C11H11Cl3N2O3/c1-2-3-16(5-7(17)18)11(19)10-9(14)8(13)6(12)4-15-10/h4H,2-3,5H2,1H3,(H,17,18). The zero-order valence-electron chi connectivity index (χ0n) is 9.99. The van der Waals surface area contributed by atoms with Crippen molar-refractivity contribution in [3.8, 4) is 0 Å². The Balaban J connectivity index is 3.09. The molecule has 1 aromatic heterocycles. The number of hydrogen-bond acceptors (Lipinski definition) is 3. The van der Waals surface area contributed by atoms with Crippen LogP contribution < -0.4 is 0 Å². The molecular formula is C11H11Cl3N2O3. The van der Waals surface area contributed by atoms with Crippen molar-refractivity contribution >= 4 is 46.7 Å². The smallest absolute Gasteiger partial charge is 0.323 e. The largest absolute Gasteiger partial charge is 0.480 e. The maximum Gasteiger partial charge on any atom is 0.323 e. The van der Waals surface area contributed by atoms with E-state index in [1.807, 2.05) is 6.92 Å². The molecule has 0 spiro atoms. The van der Waals surface area contributed by atoms with E-state index in [0.29, 0.717) is 6.42 Å². The van der Waals surface area contributed by atoms with E-state index >= 15 is 0 Å². The van der Waals surface area contributed by atoms with E-state index in [4.69, 9.17) is 39.9 Å². The first kappa shape index (κ1) is 16.0. The highest BCUT2D eigenvalue weighted by molar-refractivity contribution is 6.48. The van der Waals surface area contributed by atoms with Gasteiger partial charge in [-0.2, -0.15) is 0 Å². The second kappa shape index (κ2) is 6.93. The third-order valence-electron chi connectivity index (χ3n) is 2.23. The van der Waals surface area contributed by atoms with Gasteiger partial charge in [0.2, 0.25) is 0 Å². The molecule has 0 saturated heterocycles. The summed E-state index contributed by atoms with van der Waals surface area (Å²) in [5.41, 5.74) is -0.106. The number of carbonyl (C=O) groups is 2. The quantitative estimate of drug-likeness (QED) is 0.903. The molecule has 19 heavy (non-hydrogen) atoms. The predicted molar refractivity (Wildman–Crippen MR) is 73.1 cm³/mol. The number of carboxylic acid groups (broad SMARTS) is 1. The average molecular weight is 326 g/mol. The number of aliphatic carboxylic acids is 1. The molecule has 1 rings (SSSR count). The Kier molecular flexibility index (Phi) is 5.85. The Bertz CT molecular complexity index is 508. The van der Waals surface area contributed by atoms with Crippen molar-refractivity contribution in [2.75, 3.05) is 13.1 Å². The van der Waals surface area contributed by atoms with Gasteiger partial charge in [0.25, 0.3) is 5.91 Å². The molecule has 0 fully saturated rings. The molecule has 0 saturated carbocycles. The second-order valence-corrected chi connectivity index (χ2v) is 4.87. The van der Waals surface area contributed by atoms with Crippen molar-refractivity contribution < 1.29 is 14.7 Å². The van der Waals surface area contributed by atoms with E-state index < -0.39 is 18.4 Å². The van der Waals surface area contributed by atoms with Gasteiger partial charge in [-0.05, 0) is 6.42 Å². The van der Waals surface area contributed by atoms with Crippen molar-refractivity contribution in [1.29, 1.82) is 0 Å². The van der Waals surface area contributed by atoms with E-state index in [0.717, 1.165) is 4.90 Å². The molecule has 0 atom stereocenters. The Hall–Kier alpha value is -1.04. The highest BCUT2D eigenvalue weighted by Crippen LogP contribution is 2.31. The van der Waals surface area contributed by atoms with Crippen molar-refractivity contribution in [3.05, 3.63) is 27.0 Å². The molecule has 8 heteroatoms. The van der Waals surface area contributed by atoms with Gasteiger partial charge >= 0.3 is 5.97 Å². The zero-order valence-corrected chi connectivity index (χ0v) is 12.3. The highest BCUT2D eigenvalue weighted by Gasteiger charge is 2.23. The molecule has 0 bridgehead atoms. The van der Waals surface area contributed by atoms with Crippen LogP contribution in [0.25, 0.3) is 0 Å². The highest BCUT2D eigenvalue weighted by atomic mass is 35.5. The first-order chi connectivity index (χ1) is 8.88. The third kappa shape index (κ3) is 3.96. The maximum atomic E-state index is 12.2. The summed E-state index contributed by atoms with van der Waals surface area (Å²) >= 11 is 17.4. The fourth-order valence-corrected chi connectivity index (χ4v) is 1.99. The van der Waals surface area contributed by atoms with E-state index in [1.54, 1.807) is 0 Å². The van der Waals surface area contributed by atoms with E-state index in [1.165, 1.54) is 6.20 Å². The van der Waals surface area contributed by atoms with E-state index in [2.05, 4.69) is 4.98 Å². The van der Waals surface area contributed by atoms with Gasteiger partial charge in [-0.15, -0.1) is 0 Å². The van der Waals surface area contributed by atoms with E-state index in [-0.39, 0.29) is 27.3 Å². The summed E-state index contributed by atoms with van der Waals surface area (Å²) in [7, 11) is 0. The summed E-state index contributed by atoms with van der Waals surface area (Å²) in [6, 6.07) is 0. The summed E-state index contributed by atoms with van der Waals surface area (Å²) in [5.74, 6) is -1.70. The van der Waals surface area contributed by atoms with Crippen LogP contribution >= 0.6 is 34.8 Å². The maximum absolute atomic E-state index is 12.2. The summed E-state index contributed by atoms with van der Waals surface area (Å²) in [4.78, 5) is 27.9. The summed E-state index contributed by atoms with van der Waals surface area (Å²) < 4.78 is 0. The van der Waals surface area contributed by atoms with Crippen molar-refractivity contribution in [2.24, 2.45) is 0 Å². The molecule has 0 radical (unpaired) electrons. The molecule has 5 nitrogen and oxygen atoms in total. The van der Waals surface area contributed by atoms with Crippen LogP contribution in [-0.4, -0.2) is 40.0 Å². The van der Waals surface area contributed by atoms with Crippen LogP contribution in [0.1, 0.15) is 23.8 Å². The average Bonchev–Trinajstić information content (AvgIpc) is 2.34. The SMILES string of the molecule is CCCN(CC(=O)O)C(=O)c1ncc(Cl)c(Cl)c1Cl. The number of amides is 1. The molecule has 0 aliphatic heterocycles. The van der Waals surface area contributed by atoms with Gasteiger partial charge in [0.15, 0.2) is 0 Å². The predicted octanol–water partition coefficient (Wildman–Crippen LogP) is 2.98. The molecule has 0 unspecified atom stereocenters. The Morgan fingerprint density at radius 3 is 2.47 bits per heavy atom. The van der Waals surface area contributed by atoms with Crippen LogP contribution in [0, 0.1) is 0 Å². The van der Waals surface area contributed by atoms with Gasteiger partial charge in [0.05, 0.1) is 15.1 Å². The molecule has 0 aliphatic rings. The molecule has 1 N–H and O–H groups in total. The summed E-state index contributed by atoms with van der Waals surface area (Å²) in [6.07, 6.45) is 1.81. The van der Waals surface area contributed by atoms with Crippen molar-refractivity contribution in [3.63, 3.8) is 0 Å². The van der Waals surface area contributed by atoms with Gasteiger partial charge < -0.3 is 10.0 Å². The number of halogens is 3. The molecule has 0 aromatic carbocycles. The fraction of sp³-hybridized carbons (Fsp3) is 0.364. The monoisotopic (exact) mass is 324 g/mol. The first-order valence-electron chi connectivity index (χ1n) is 5.39. The van der Waals surface area contributed by atoms with Crippen molar-refractivity contribution in [2.45, 2.75) is 13.3 Å². The Labute approximate surface area is 125 Å². The summed E-state index contributed by atoms with van der Waals surface area (Å²) in [5, 5.41) is 8.85. The van der Waals surface area contributed by atoms with Crippen LogP contribution in [0.2, 0.25) is 15.1 Å². The number of nitrogens with zero attached hydrogens (tertiary/aromatic N) is 2. The second-order valence-electron chi connectivity index (χ2n) is 3.70. The van der Waals surface area contributed by atoms with Crippen LogP contribution in [-0.2, 0) is 4.79 Å². The van der Waals surface area contributed by atoms with Gasteiger partial charge in [-0.25, -0.2) is 4.98 Å². The molecule has 1 heterocycles. The topological polar surface area (TPSA) is 70.5 Å². The Morgan fingerprint density at radius 1 is 1.32 bits per heavy atom. The zero-order chi connectivity index (χ0) is 14.6. The number of hydrogen-bond donors (Lipinski definition) is 1. The number of carbonyl (C=O) groups excluding carboxylic acids is 1. The van der Waals surface area contributed by atoms with Gasteiger partial charge in [0.1, 0.15) is 12.2 Å². The van der Waals surface area contributed by atoms with E-state index in [9.17, 15) is 9.59 Å². The minimum atomic E-state index is -1.11. The number of rotatable bonds is 5. The Morgan fingerprint density at radius 2 is 1.95 bits per heavy atom. The lowest BCUT2D eigenvalue weighted by atomic mass is 10.3. The molecular weight excluding hydrogens is 314 g/mol. The number of carboxylic acids is 1. The number of pyridine rings is 1. The molecule has 104 valence electrons. The van der Waals surface area contributed by atoms with Crippen LogP contribution in [0.3, 0.4) is 0 Å². The summed E-state index contributed by atoms with van der Waals surface area (Å²) in [6.45, 7) is 1.68. The van der Waals surface area contributed by atoms with Crippen LogP contribution in [0.4, 0.5) is 0 Å². The normalized spacial score (nSPS) is 10.3. The van der Waals surface area contributed by atoms with Crippen LogP contribution in [0.5, 0.6) is 0 Å². The van der Waals surface area contributed by atoms with Gasteiger partial charge in [0, 0.05) is 12.7 Å². The van der Waals surface area contributed by atoms with Crippen LogP contribution in [0.15, 0.2) is 6.20 Å². The minimum absolute atomic E-state index is 0.0217.